The monoisotopic (exact) mass is 146 g/mol. The lowest BCUT2D eigenvalue weighted by molar-refractivity contribution is 0.213. The van der Waals surface area contributed by atoms with Crippen molar-refractivity contribution in [2.24, 2.45) is 0 Å². The van der Waals surface area contributed by atoms with E-state index in [1.54, 1.807) is 6.92 Å². The molecule has 2 atom stereocenters. The first-order valence-corrected chi connectivity index (χ1v) is 3.71. The van der Waals surface area contributed by atoms with Crippen molar-refractivity contribution in [1.29, 1.82) is 0 Å². The summed E-state index contributed by atoms with van der Waals surface area (Å²) in [6, 6.07) is 0.319. The van der Waals surface area contributed by atoms with Crippen molar-refractivity contribution < 1.29 is 4.39 Å². The van der Waals surface area contributed by atoms with Crippen LogP contribution in [-0.4, -0.2) is 31.8 Å². The Kier molecular flexibility index (Phi) is 2.26. The predicted molar refractivity (Wildman–Crippen MR) is 39.8 cm³/mol. The van der Waals surface area contributed by atoms with E-state index < -0.39 is 5.67 Å². The minimum Gasteiger partial charge on any atom is -0.318 e. The number of likely N-dealkylation sites (N-methyl/N-ethyl adjacent to an activating group) is 1. The average molecular weight is 146 g/mol. The number of rotatable bonds is 2. The van der Waals surface area contributed by atoms with Crippen LogP contribution >= 0.6 is 0 Å². The summed E-state index contributed by atoms with van der Waals surface area (Å²) in [5.74, 6) is 0. The summed E-state index contributed by atoms with van der Waals surface area (Å²) < 4.78 is 13.1. The summed E-state index contributed by atoms with van der Waals surface area (Å²) in [6.45, 7) is 3.01. The van der Waals surface area contributed by atoms with E-state index in [0.717, 1.165) is 6.54 Å². The van der Waals surface area contributed by atoms with Crippen LogP contribution in [-0.2, 0) is 0 Å². The van der Waals surface area contributed by atoms with E-state index in [1.165, 1.54) is 0 Å². The van der Waals surface area contributed by atoms with Gasteiger partial charge in [0.15, 0.2) is 0 Å². The van der Waals surface area contributed by atoms with Crippen LogP contribution in [0, 0.1) is 0 Å². The molecule has 10 heavy (non-hydrogen) atoms. The lowest BCUT2D eigenvalue weighted by Crippen LogP contribution is -2.31. The molecule has 0 aromatic heterocycles. The third-order valence-electron chi connectivity index (χ3n) is 1.88. The van der Waals surface area contributed by atoms with Crippen LogP contribution in [0.4, 0.5) is 4.39 Å². The van der Waals surface area contributed by atoms with Crippen molar-refractivity contribution in [2.45, 2.75) is 25.1 Å². The Morgan fingerprint density at radius 3 is 2.90 bits per heavy atom. The molecule has 0 bridgehead atoms. The number of halogens is 1. The lowest BCUT2D eigenvalue weighted by atomic mass is 10.1. The second-order valence-corrected chi connectivity index (χ2v) is 3.25. The molecule has 2 N–H and O–H groups in total. The second-order valence-electron chi connectivity index (χ2n) is 3.25. The Balaban J connectivity index is 2.29. The molecule has 1 heterocycles. The minimum absolute atomic E-state index is 0.319. The van der Waals surface area contributed by atoms with Gasteiger partial charge in [-0.05, 0) is 20.4 Å². The maximum Gasteiger partial charge on any atom is 0.122 e. The summed E-state index contributed by atoms with van der Waals surface area (Å²) in [5.41, 5.74) is -0.985. The number of hydrogen-bond acceptors (Lipinski definition) is 2. The highest BCUT2D eigenvalue weighted by Gasteiger charge is 2.33. The van der Waals surface area contributed by atoms with Crippen molar-refractivity contribution in [3.63, 3.8) is 0 Å². The van der Waals surface area contributed by atoms with Gasteiger partial charge in [0.25, 0.3) is 0 Å². The summed E-state index contributed by atoms with van der Waals surface area (Å²) in [4.78, 5) is 0. The van der Waals surface area contributed by atoms with Gasteiger partial charge in [-0.2, -0.15) is 0 Å². The topological polar surface area (TPSA) is 24.1 Å². The molecule has 0 amide bonds. The summed E-state index contributed by atoms with van der Waals surface area (Å²) in [5, 5.41) is 6.13. The minimum atomic E-state index is -0.985. The summed E-state index contributed by atoms with van der Waals surface area (Å²) in [7, 11) is 1.88. The second kappa shape index (κ2) is 2.84. The number of hydrogen-bond donors (Lipinski definition) is 2. The lowest BCUT2D eigenvalue weighted by Gasteiger charge is -2.10. The Bertz CT molecular complexity index is 114. The van der Waals surface area contributed by atoms with Gasteiger partial charge in [0.1, 0.15) is 5.67 Å². The van der Waals surface area contributed by atoms with Gasteiger partial charge in [0, 0.05) is 19.1 Å². The SMILES string of the molecule is CNCC1CC(C)(F)CN1. The third-order valence-corrected chi connectivity index (χ3v) is 1.88. The molecule has 0 aromatic carbocycles. The van der Waals surface area contributed by atoms with Gasteiger partial charge >= 0.3 is 0 Å². The van der Waals surface area contributed by atoms with E-state index in [1.807, 2.05) is 7.05 Å². The van der Waals surface area contributed by atoms with Crippen molar-refractivity contribution in [2.75, 3.05) is 20.1 Å². The van der Waals surface area contributed by atoms with Crippen LogP contribution in [0.15, 0.2) is 0 Å². The molecule has 0 spiro atoms. The molecule has 1 aliphatic heterocycles. The van der Waals surface area contributed by atoms with E-state index in [9.17, 15) is 4.39 Å². The van der Waals surface area contributed by atoms with Gasteiger partial charge in [-0.25, -0.2) is 4.39 Å². The third kappa shape index (κ3) is 1.92. The molecule has 1 aliphatic rings. The normalized spacial score (nSPS) is 40.5. The Labute approximate surface area is 61.2 Å². The molecule has 1 rings (SSSR count). The average Bonchev–Trinajstić information content (AvgIpc) is 2.12. The zero-order valence-electron chi connectivity index (χ0n) is 6.58. The van der Waals surface area contributed by atoms with Crippen LogP contribution in [0.3, 0.4) is 0 Å². The quantitative estimate of drug-likeness (QED) is 0.585. The zero-order valence-corrected chi connectivity index (χ0v) is 6.58. The molecule has 0 saturated carbocycles. The molecule has 60 valence electrons. The molecule has 2 nitrogen and oxygen atoms in total. The highest BCUT2D eigenvalue weighted by molar-refractivity contribution is 4.91. The zero-order chi connectivity index (χ0) is 7.61. The van der Waals surface area contributed by atoms with Crippen LogP contribution in [0.25, 0.3) is 0 Å². The van der Waals surface area contributed by atoms with E-state index in [0.29, 0.717) is 19.0 Å². The first kappa shape index (κ1) is 7.95. The molecular weight excluding hydrogens is 131 g/mol. The standard InChI is InChI=1S/C7H15FN2/c1-7(8)3-6(4-9-2)10-5-7/h6,9-10H,3-5H2,1-2H3. The van der Waals surface area contributed by atoms with Crippen molar-refractivity contribution >= 4 is 0 Å². The molecule has 1 saturated heterocycles. The highest BCUT2D eigenvalue weighted by Crippen LogP contribution is 2.21. The Hall–Kier alpha value is -0.150. The molecule has 0 aliphatic carbocycles. The van der Waals surface area contributed by atoms with E-state index >= 15 is 0 Å². The first-order chi connectivity index (χ1) is 4.64. The van der Waals surface area contributed by atoms with Crippen LogP contribution in [0.2, 0.25) is 0 Å². The van der Waals surface area contributed by atoms with Crippen LogP contribution in [0.5, 0.6) is 0 Å². The molecule has 2 unspecified atom stereocenters. The largest absolute Gasteiger partial charge is 0.318 e. The van der Waals surface area contributed by atoms with Gasteiger partial charge in [-0.1, -0.05) is 0 Å². The van der Waals surface area contributed by atoms with Crippen LogP contribution < -0.4 is 10.6 Å². The maximum absolute atomic E-state index is 13.1. The maximum atomic E-state index is 13.1. The highest BCUT2D eigenvalue weighted by atomic mass is 19.1. The molecular formula is C7H15FN2. The van der Waals surface area contributed by atoms with Crippen LogP contribution in [0.1, 0.15) is 13.3 Å². The predicted octanol–water partition coefficient (Wildman–Crippen LogP) is 0.296. The number of alkyl halides is 1. The van der Waals surface area contributed by atoms with Gasteiger partial charge in [0.2, 0.25) is 0 Å². The first-order valence-electron chi connectivity index (χ1n) is 3.71. The molecule has 0 radical (unpaired) electrons. The Morgan fingerprint density at radius 1 is 1.80 bits per heavy atom. The molecule has 1 fully saturated rings. The van der Waals surface area contributed by atoms with Gasteiger partial charge in [-0.3, -0.25) is 0 Å². The van der Waals surface area contributed by atoms with E-state index in [2.05, 4.69) is 10.6 Å². The van der Waals surface area contributed by atoms with Crippen molar-refractivity contribution in [1.82, 2.24) is 10.6 Å². The smallest absolute Gasteiger partial charge is 0.122 e. The fourth-order valence-corrected chi connectivity index (χ4v) is 1.41. The fourth-order valence-electron chi connectivity index (χ4n) is 1.41. The van der Waals surface area contributed by atoms with Crippen molar-refractivity contribution in [3.05, 3.63) is 0 Å². The van der Waals surface area contributed by atoms with E-state index in [4.69, 9.17) is 0 Å². The van der Waals surface area contributed by atoms with E-state index in [-0.39, 0.29) is 0 Å². The van der Waals surface area contributed by atoms with Crippen molar-refractivity contribution in [3.8, 4) is 0 Å². The summed E-state index contributed by atoms with van der Waals surface area (Å²) in [6.07, 6.45) is 0.633. The molecule has 3 heteroatoms. The molecule has 0 aromatic rings. The Morgan fingerprint density at radius 2 is 2.50 bits per heavy atom. The summed E-state index contributed by atoms with van der Waals surface area (Å²) >= 11 is 0. The van der Waals surface area contributed by atoms with Gasteiger partial charge in [0.05, 0.1) is 0 Å². The fraction of sp³-hybridized carbons (Fsp3) is 1.00. The van der Waals surface area contributed by atoms with Gasteiger partial charge in [-0.15, -0.1) is 0 Å². The van der Waals surface area contributed by atoms with Gasteiger partial charge < -0.3 is 10.6 Å². The number of nitrogens with one attached hydrogen (secondary N) is 2.